The average Bonchev–Trinajstić information content (AvgIpc) is 2.75. The van der Waals surface area contributed by atoms with Gasteiger partial charge in [-0.2, -0.15) is 0 Å². The molecule has 6 heteroatoms. The minimum absolute atomic E-state index is 0.0154. The molecule has 2 aliphatic heterocycles. The van der Waals surface area contributed by atoms with Crippen LogP contribution < -0.4 is 4.74 Å². The number of sulfone groups is 1. The molecule has 5 nitrogen and oxygen atoms in total. The van der Waals surface area contributed by atoms with Crippen molar-refractivity contribution in [2.24, 2.45) is 0 Å². The zero-order chi connectivity index (χ0) is 15.9. The first-order chi connectivity index (χ1) is 10.4. The molecule has 2 fully saturated rings. The Bertz CT molecular complexity index is 671. The Hall–Kier alpha value is -1.56. The van der Waals surface area contributed by atoms with E-state index in [4.69, 9.17) is 4.74 Å². The quantitative estimate of drug-likeness (QED) is 0.852. The Morgan fingerprint density at radius 1 is 1.23 bits per heavy atom. The Kier molecular flexibility index (Phi) is 3.89. The predicted octanol–water partition coefficient (Wildman–Crippen LogP) is 1.88. The molecule has 2 heterocycles. The maximum Gasteiger partial charge on any atom is 0.254 e. The van der Waals surface area contributed by atoms with Crippen LogP contribution in [-0.2, 0) is 9.84 Å². The van der Waals surface area contributed by atoms with Gasteiger partial charge in [-0.3, -0.25) is 4.79 Å². The molecule has 120 valence electrons. The molecule has 2 saturated heterocycles. The highest BCUT2D eigenvalue weighted by molar-refractivity contribution is 7.91. The standard InChI is InChI=1S/C16H21NO4S/c1-21-14-5-3-4-11(8-14)16(18)17-12-6-7-13(17)10-15(9-12)22(2,19)20/h3-5,8,12-13,15H,6-7,9-10H2,1-2H3. The number of rotatable bonds is 3. The van der Waals surface area contributed by atoms with Crippen molar-refractivity contribution >= 4 is 15.7 Å². The summed E-state index contributed by atoms with van der Waals surface area (Å²) < 4.78 is 28.8. The van der Waals surface area contributed by atoms with E-state index in [0.29, 0.717) is 24.2 Å². The van der Waals surface area contributed by atoms with Crippen LogP contribution in [0.3, 0.4) is 0 Å². The summed E-state index contributed by atoms with van der Waals surface area (Å²) in [5.74, 6) is 0.641. The fourth-order valence-electron chi connectivity index (χ4n) is 3.71. The van der Waals surface area contributed by atoms with E-state index in [-0.39, 0.29) is 23.2 Å². The van der Waals surface area contributed by atoms with Crippen molar-refractivity contribution in [3.63, 3.8) is 0 Å². The van der Waals surface area contributed by atoms with Crippen molar-refractivity contribution in [3.05, 3.63) is 29.8 Å². The maximum atomic E-state index is 12.8. The van der Waals surface area contributed by atoms with E-state index in [0.717, 1.165) is 12.8 Å². The Morgan fingerprint density at radius 3 is 2.41 bits per heavy atom. The molecule has 1 aromatic carbocycles. The number of methoxy groups -OCH3 is 1. The fraction of sp³-hybridized carbons (Fsp3) is 0.562. The number of carbonyl (C=O) groups excluding carboxylic acids is 1. The molecule has 1 aromatic rings. The molecule has 2 unspecified atom stereocenters. The van der Waals surface area contributed by atoms with Crippen molar-refractivity contribution in [1.82, 2.24) is 4.90 Å². The number of nitrogens with zero attached hydrogens (tertiary/aromatic N) is 1. The second kappa shape index (κ2) is 5.57. The van der Waals surface area contributed by atoms with E-state index in [2.05, 4.69) is 0 Å². The van der Waals surface area contributed by atoms with Gasteiger partial charge in [0.05, 0.1) is 12.4 Å². The average molecular weight is 323 g/mol. The van der Waals surface area contributed by atoms with Gasteiger partial charge in [0.1, 0.15) is 15.6 Å². The molecule has 2 aliphatic rings. The summed E-state index contributed by atoms with van der Waals surface area (Å²) in [5.41, 5.74) is 0.606. The van der Waals surface area contributed by atoms with Gasteiger partial charge in [0.2, 0.25) is 0 Å². The first-order valence-corrected chi connectivity index (χ1v) is 9.51. The van der Waals surface area contributed by atoms with Crippen LogP contribution in [0.4, 0.5) is 0 Å². The van der Waals surface area contributed by atoms with Crippen LogP contribution in [0.2, 0.25) is 0 Å². The van der Waals surface area contributed by atoms with E-state index in [9.17, 15) is 13.2 Å². The van der Waals surface area contributed by atoms with E-state index in [1.165, 1.54) is 6.26 Å². The molecule has 2 atom stereocenters. The molecule has 0 aliphatic carbocycles. The molecule has 0 radical (unpaired) electrons. The fourth-order valence-corrected chi connectivity index (χ4v) is 4.86. The topological polar surface area (TPSA) is 63.7 Å². The highest BCUT2D eigenvalue weighted by atomic mass is 32.2. The lowest BCUT2D eigenvalue weighted by atomic mass is 10.0. The molecular formula is C16H21NO4S. The van der Waals surface area contributed by atoms with Crippen LogP contribution in [0, 0.1) is 0 Å². The number of piperidine rings is 1. The summed E-state index contributed by atoms with van der Waals surface area (Å²) in [5, 5.41) is -0.306. The number of amides is 1. The van der Waals surface area contributed by atoms with Gasteiger partial charge in [0.25, 0.3) is 5.91 Å². The lowest BCUT2D eigenvalue weighted by molar-refractivity contribution is 0.0598. The lowest BCUT2D eigenvalue weighted by Crippen LogP contribution is -2.49. The van der Waals surface area contributed by atoms with Crippen LogP contribution in [0.5, 0.6) is 5.75 Å². The van der Waals surface area contributed by atoms with Gasteiger partial charge in [0.15, 0.2) is 0 Å². The van der Waals surface area contributed by atoms with Gasteiger partial charge in [-0.1, -0.05) is 6.07 Å². The number of hydrogen-bond donors (Lipinski definition) is 0. The van der Waals surface area contributed by atoms with Crippen molar-refractivity contribution in [2.45, 2.75) is 43.0 Å². The zero-order valence-electron chi connectivity index (χ0n) is 12.9. The van der Waals surface area contributed by atoms with E-state index >= 15 is 0 Å². The minimum atomic E-state index is -3.03. The zero-order valence-corrected chi connectivity index (χ0v) is 13.7. The highest BCUT2D eigenvalue weighted by Crippen LogP contribution is 2.39. The number of ether oxygens (including phenoxy) is 1. The smallest absolute Gasteiger partial charge is 0.254 e. The first-order valence-electron chi connectivity index (χ1n) is 7.55. The van der Waals surface area contributed by atoms with Gasteiger partial charge in [0, 0.05) is 23.9 Å². The van der Waals surface area contributed by atoms with Gasteiger partial charge in [-0.15, -0.1) is 0 Å². The Balaban J connectivity index is 1.83. The van der Waals surface area contributed by atoms with Gasteiger partial charge >= 0.3 is 0 Å². The molecule has 1 amide bonds. The van der Waals surface area contributed by atoms with Crippen molar-refractivity contribution in [1.29, 1.82) is 0 Å². The second-order valence-electron chi connectivity index (χ2n) is 6.25. The molecule has 0 spiro atoms. The number of benzene rings is 1. The summed E-state index contributed by atoms with van der Waals surface area (Å²) in [7, 11) is -1.46. The van der Waals surface area contributed by atoms with Crippen molar-refractivity contribution < 1.29 is 17.9 Å². The summed E-state index contributed by atoms with van der Waals surface area (Å²) >= 11 is 0. The number of fused-ring (bicyclic) bond motifs is 2. The molecule has 22 heavy (non-hydrogen) atoms. The molecular weight excluding hydrogens is 302 g/mol. The number of carbonyl (C=O) groups is 1. The van der Waals surface area contributed by atoms with E-state index in [1.54, 1.807) is 31.4 Å². The van der Waals surface area contributed by atoms with E-state index < -0.39 is 9.84 Å². The van der Waals surface area contributed by atoms with Crippen molar-refractivity contribution in [3.8, 4) is 5.75 Å². The van der Waals surface area contributed by atoms with Crippen LogP contribution in [0.25, 0.3) is 0 Å². The van der Waals surface area contributed by atoms with Gasteiger partial charge in [-0.25, -0.2) is 8.42 Å². The monoisotopic (exact) mass is 323 g/mol. The molecule has 3 rings (SSSR count). The summed E-state index contributed by atoms with van der Waals surface area (Å²) in [6.45, 7) is 0. The van der Waals surface area contributed by atoms with Crippen molar-refractivity contribution in [2.75, 3.05) is 13.4 Å². The van der Waals surface area contributed by atoms with Crippen LogP contribution in [0.1, 0.15) is 36.0 Å². The third-order valence-electron chi connectivity index (χ3n) is 4.85. The molecule has 0 N–H and O–H groups in total. The van der Waals surface area contributed by atoms with Crippen LogP contribution >= 0.6 is 0 Å². The normalized spacial score (nSPS) is 27.7. The number of hydrogen-bond acceptors (Lipinski definition) is 4. The van der Waals surface area contributed by atoms with Gasteiger partial charge < -0.3 is 9.64 Å². The SMILES string of the molecule is COc1cccc(C(=O)N2C3CCC2CC(S(C)(=O)=O)C3)c1. The summed E-state index contributed by atoms with van der Waals surface area (Å²) in [6.07, 6.45) is 4.21. The highest BCUT2D eigenvalue weighted by Gasteiger charge is 2.45. The predicted molar refractivity (Wildman–Crippen MR) is 83.8 cm³/mol. The molecule has 2 bridgehead atoms. The Morgan fingerprint density at radius 2 is 1.86 bits per heavy atom. The largest absolute Gasteiger partial charge is 0.497 e. The lowest BCUT2D eigenvalue weighted by Gasteiger charge is -2.38. The minimum Gasteiger partial charge on any atom is -0.497 e. The third kappa shape index (κ3) is 2.72. The third-order valence-corrected chi connectivity index (χ3v) is 6.44. The summed E-state index contributed by atoms with van der Waals surface area (Å²) in [6, 6.07) is 7.21. The van der Waals surface area contributed by atoms with Crippen LogP contribution in [-0.4, -0.2) is 49.9 Å². The summed E-state index contributed by atoms with van der Waals surface area (Å²) in [4.78, 5) is 14.7. The van der Waals surface area contributed by atoms with Gasteiger partial charge in [-0.05, 0) is 43.9 Å². The molecule has 0 saturated carbocycles. The molecule has 0 aromatic heterocycles. The van der Waals surface area contributed by atoms with E-state index in [1.807, 2.05) is 4.90 Å². The Labute approximate surface area is 131 Å². The second-order valence-corrected chi connectivity index (χ2v) is 8.58. The van der Waals surface area contributed by atoms with Crippen LogP contribution in [0.15, 0.2) is 24.3 Å². The maximum absolute atomic E-state index is 12.8. The first kappa shape index (κ1) is 15.3.